The standard InChI is InChI=1S/C14H15ClN4O/c1-19(8-9-2-4-18-5-3-9)13-11(14(17)20)6-10(16)7-12(13)15/h2-7H,8,16H2,1H3,(H2,17,20). The lowest BCUT2D eigenvalue weighted by atomic mass is 10.1. The van der Waals surface area contributed by atoms with Gasteiger partial charge in [0.1, 0.15) is 0 Å². The van der Waals surface area contributed by atoms with Crippen LogP contribution in [0.2, 0.25) is 5.02 Å². The van der Waals surface area contributed by atoms with Gasteiger partial charge in [0, 0.05) is 31.7 Å². The maximum atomic E-state index is 11.6. The minimum Gasteiger partial charge on any atom is -0.399 e. The Morgan fingerprint density at radius 1 is 1.35 bits per heavy atom. The predicted molar refractivity (Wildman–Crippen MR) is 80.7 cm³/mol. The number of nitrogen functional groups attached to an aromatic ring is 1. The largest absolute Gasteiger partial charge is 0.399 e. The Labute approximate surface area is 122 Å². The van der Waals surface area contributed by atoms with Gasteiger partial charge in [0.25, 0.3) is 5.91 Å². The maximum absolute atomic E-state index is 11.6. The van der Waals surface area contributed by atoms with Gasteiger partial charge >= 0.3 is 0 Å². The number of aromatic nitrogens is 1. The lowest BCUT2D eigenvalue weighted by Crippen LogP contribution is -2.22. The molecule has 1 heterocycles. The summed E-state index contributed by atoms with van der Waals surface area (Å²) in [7, 11) is 1.84. The van der Waals surface area contributed by atoms with Gasteiger partial charge in [-0.15, -0.1) is 0 Å². The molecule has 6 heteroatoms. The average Bonchev–Trinajstić information content (AvgIpc) is 2.38. The summed E-state index contributed by atoms with van der Waals surface area (Å²) in [5, 5.41) is 0.398. The second-order valence-corrected chi connectivity index (χ2v) is 4.88. The summed E-state index contributed by atoms with van der Waals surface area (Å²) in [6.07, 6.45) is 3.42. The Morgan fingerprint density at radius 3 is 2.60 bits per heavy atom. The lowest BCUT2D eigenvalue weighted by molar-refractivity contribution is 0.100. The quantitative estimate of drug-likeness (QED) is 0.844. The molecule has 4 N–H and O–H groups in total. The second kappa shape index (κ2) is 5.79. The third-order valence-electron chi connectivity index (χ3n) is 2.90. The van der Waals surface area contributed by atoms with Crippen molar-refractivity contribution in [3.63, 3.8) is 0 Å². The molecule has 1 aromatic carbocycles. The van der Waals surface area contributed by atoms with Crippen LogP contribution in [0.1, 0.15) is 15.9 Å². The van der Waals surface area contributed by atoms with Crippen molar-refractivity contribution in [2.24, 2.45) is 5.73 Å². The summed E-state index contributed by atoms with van der Waals surface area (Å²) in [6.45, 7) is 0.576. The minimum absolute atomic E-state index is 0.312. The molecular weight excluding hydrogens is 276 g/mol. The van der Waals surface area contributed by atoms with Crippen LogP contribution in [0.4, 0.5) is 11.4 Å². The van der Waals surface area contributed by atoms with E-state index >= 15 is 0 Å². The summed E-state index contributed by atoms with van der Waals surface area (Å²) in [6, 6.07) is 6.93. The van der Waals surface area contributed by atoms with E-state index in [4.69, 9.17) is 23.1 Å². The van der Waals surface area contributed by atoms with Crippen LogP contribution in [0.3, 0.4) is 0 Å². The van der Waals surface area contributed by atoms with Crippen molar-refractivity contribution >= 4 is 28.9 Å². The van der Waals surface area contributed by atoms with E-state index in [1.54, 1.807) is 18.5 Å². The van der Waals surface area contributed by atoms with Gasteiger partial charge in [-0.1, -0.05) is 11.6 Å². The number of carbonyl (C=O) groups is 1. The molecule has 0 spiro atoms. The van der Waals surface area contributed by atoms with Crippen LogP contribution in [0.15, 0.2) is 36.7 Å². The molecule has 2 rings (SSSR count). The molecule has 0 aliphatic rings. The molecule has 0 fully saturated rings. The molecule has 5 nitrogen and oxygen atoms in total. The first-order valence-corrected chi connectivity index (χ1v) is 6.35. The Hall–Kier alpha value is -2.27. The molecule has 20 heavy (non-hydrogen) atoms. The van der Waals surface area contributed by atoms with Crippen molar-refractivity contribution in [2.75, 3.05) is 17.7 Å². The molecule has 0 atom stereocenters. The summed E-state index contributed by atoms with van der Waals surface area (Å²) in [4.78, 5) is 17.4. The summed E-state index contributed by atoms with van der Waals surface area (Å²) in [5.41, 5.74) is 13.4. The van der Waals surface area contributed by atoms with Crippen LogP contribution in [-0.4, -0.2) is 17.9 Å². The molecule has 0 aliphatic carbocycles. The van der Waals surface area contributed by atoms with Crippen LogP contribution in [0, 0.1) is 0 Å². The molecule has 0 saturated carbocycles. The molecule has 0 saturated heterocycles. The van der Waals surface area contributed by atoms with E-state index in [1.165, 1.54) is 6.07 Å². The van der Waals surface area contributed by atoms with Crippen LogP contribution < -0.4 is 16.4 Å². The molecule has 0 unspecified atom stereocenters. The molecule has 2 aromatic rings. The fourth-order valence-corrected chi connectivity index (χ4v) is 2.41. The summed E-state index contributed by atoms with van der Waals surface area (Å²) in [5.74, 6) is -0.559. The van der Waals surface area contributed by atoms with Crippen LogP contribution in [0.25, 0.3) is 0 Å². The van der Waals surface area contributed by atoms with Gasteiger partial charge in [0.15, 0.2) is 0 Å². The number of anilines is 2. The normalized spacial score (nSPS) is 10.3. The highest BCUT2D eigenvalue weighted by molar-refractivity contribution is 6.34. The third-order valence-corrected chi connectivity index (χ3v) is 3.19. The number of hydrogen-bond acceptors (Lipinski definition) is 4. The van der Waals surface area contributed by atoms with Gasteiger partial charge in [-0.2, -0.15) is 0 Å². The zero-order chi connectivity index (χ0) is 14.7. The first-order chi connectivity index (χ1) is 9.49. The predicted octanol–water partition coefficient (Wildman–Crippen LogP) is 2.05. The highest BCUT2D eigenvalue weighted by Crippen LogP contribution is 2.32. The topological polar surface area (TPSA) is 85.2 Å². The van der Waals surface area contributed by atoms with E-state index in [1.807, 2.05) is 24.1 Å². The van der Waals surface area contributed by atoms with Crippen molar-refractivity contribution in [3.8, 4) is 0 Å². The molecule has 0 aliphatic heterocycles. The number of pyridine rings is 1. The SMILES string of the molecule is CN(Cc1ccncc1)c1c(Cl)cc(N)cc1C(N)=O. The monoisotopic (exact) mass is 290 g/mol. The van der Waals surface area contributed by atoms with E-state index in [9.17, 15) is 4.79 Å². The second-order valence-electron chi connectivity index (χ2n) is 4.47. The number of nitrogens with two attached hydrogens (primary N) is 2. The fraction of sp³-hybridized carbons (Fsp3) is 0.143. The van der Waals surface area contributed by atoms with Gasteiger partial charge in [0.2, 0.25) is 0 Å². The van der Waals surface area contributed by atoms with Crippen molar-refractivity contribution in [3.05, 3.63) is 52.8 Å². The first-order valence-electron chi connectivity index (χ1n) is 5.98. The van der Waals surface area contributed by atoms with Gasteiger partial charge in [0.05, 0.1) is 16.3 Å². The van der Waals surface area contributed by atoms with Crippen LogP contribution in [-0.2, 0) is 6.54 Å². The van der Waals surface area contributed by atoms with Crippen molar-refractivity contribution in [1.29, 1.82) is 0 Å². The van der Waals surface area contributed by atoms with Crippen molar-refractivity contribution in [1.82, 2.24) is 4.98 Å². The Kier molecular flexibility index (Phi) is 4.10. The van der Waals surface area contributed by atoms with E-state index < -0.39 is 5.91 Å². The van der Waals surface area contributed by atoms with Gasteiger partial charge in [-0.25, -0.2) is 0 Å². The number of benzene rings is 1. The van der Waals surface area contributed by atoms with E-state index in [-0.39, 0.29) is 0 Å². The lowest BCUT2D eigenvalue weighted by Gasteiger charge is -2.23. The molecule has 0 bridgehead atoms. The first kappa shape index (κ1) is 14.1. The molecule has 1 amide bonds. The van der Waals surface area contributed by atoms with Gasteiger partial charge in [-0.3, -0.25) is 9.78 Å². The number of hydrogen-bond donors (Lipinski definition) is 2. The highest BCUT2D eigenvalue weighted by atomic mass is 35.5. The molecule has 0 radical (unpaired) electrons. The zero-order valence-electron chi connectivity index (χ0n) is 11.0. The molecule has 104 valence electrons. The number of halogens is 1. The molecular formula is C14H15ClN4O. The third kappa shape index (κ3) is 3.00. The summed E-state index contributed by atoms with van der Waals surface area (Å²) >= 11 is 6.20. The Morgan fingerprint density at radius 2 is 2.00 bits per heavy atom. The van der Waals surface area contributed by atoms with Gasteiger partial charge in [-0.05, 0) is 29.8 Å². The summed E-state index contributed by atoms with van der Waals surface area (Å²) < 4.78 is 0. The number of primary amides is 1. The van der Waals surface area contributed by atoms with Gasteiger partial charge < -0.3 is 16.4 Å². The van der Waals surface area contributed by atoms with Crippen molar-refractivity contribution < 1.29 is 4.79 Å². The number of carbonyl (C=O) groups excluding carboxylic acids is 1. The number of rotatable bonds is 4. The highest BCUT2D eigenvalue weighted by Gasteiger charge is 2.17. The van der Waals surface area contributed by atoms with Crippen molar-refractivity contribution in [2.45, 2.75) is 6.54 Å². The Balaban J connectivity index is 2.39. The number of nitrogens with zero attached hydrogens (tertiary/aromatic N) is 2. The number of amides is 1. The van der Waals surface area contributed by atoms with E-state index in [0.717, 1.165) is 5.56 Å². The smallest absolute Gasteiger partial charge is 0.250 e. The Bertz CT molecular complexity index is 631. The van der Waals surface area contributed by atoms with E-state index in [2.05, 4.69) is 4.98 Å². The van der Waals surface area contributed by atoms with Crippen LogP contribution in [0.5, 0.6) is 0 Å². The fourth-order valence-electron chi connectivity index (χ4n) is 2.04. The average molecular weight is 291 g/mol. The zero-order valence-corrected chi connectivity index (χ0v) is 11.8. The van der Waals surface area contributed by atoms with Crippen LogP contribution >= 0.6 is 11.6 Å². The molecule has 1 aromatic heterocycles. The maximum Gasteiger partial charge on any atom is 0.250 e. The van der Waals surface area contributed by atoms with E-state index in [0.29, 0.717) is 28.5 Å². The minimum atomic E-state index is -0.559.